The molecule has 1 aromatic heterocycles. The topological polar surface area (TPSA) is 163 Å². The molecule has 1 aliphatic carbocycles. The van der Waals surface area contributed by atoms with Crippen molar-refractivity contribution in [3.05, 3.63) is 52.6 Å². The van der Waals surface area contributed by atoms with Gasteiger partial charge in [-0.1, -0.05) is 12.1 Å². The number of piperidine rings is 1. The molecule has 5 atom stereocenters. The normalized spacial score (nSPS) is 23.9. The molecule has 3 fully saturated rings. The highest BCUT2D eigenvalue weighted by Gasteiger charge is 2.55. The number of aromatic nitrogens is 2. The molecule has 3 aliphatic rings. The number of nitrogens with two attached hydrogens (primary N) is 2. The molecule has 0 spiro atoms. The Balaban J connectivity index is 1.12. The first kappa shape index (κ1) is 28.2. The molecular formula is C28H40N8O4. The number of amides is 3. The minimum absolute atomic E-state index is 0.0757. The number of anilines is 1. The number of urea groups is 1. The Morgan fingerprint density at radius 1 is 1.05 bits per heavy atom. The quantitative estimate of drug-likeness (QED) is 0.325. The van der Waals surface area contributed by atoms with E-state index in [0.717, 1.165) is 43.8 Å². The number of aliphatic hydroxyl groups is 1. The molecule has 6 N–H and O–H groups in total. The molecule has 0 radical (unpaired) electrons. The molecular weight excluding hydrogens is 512 g/mol. The highest BCUT2D eigenvalue weighted by Crippen LogP contribution is 2.51. The van der Waals surface area contributed by atoms with E-state index in [-0.39, 0.29) is 30.9 Å². The molecule has 2 unspecified atom stereocenters. The van der Waals surface area contributed by atoms with Gasteiger partial charge in [0.1, 0.15) is 5.82 Å². The molecule has 2 aliphatic heterocycles. The first-order valence-electron chi connectivity index (χ1n) is 14.1. The number of fused-ring (bicyclic) bond motifs is 1. The summed E-state index contributed by atoms with van der Waals surface area (Å²) in [6.07, 6.45) is 2.55. The summed E-state index contributed by atoms with van der Waals surface area (Å²) in [7, 11) is 0. The van der Waals surface area contributed by atoms with Gasteiger partial charge in [0.2, 0.25) is 5.91 Å². The Kier molecular flexibility index (Phi) is 8.50. The Labute approximate surface area is 233 Å². The van der Waals surface area contributed by atoms with Gasteiger partial charge in [0.25, 0.3) is 0 Å². The zero-order chi connectivity index (χ0) is 28.4. The van der Waals surface area contributed by atoms with Crippen LogP contribution in [0.25, 0.3) is 5.69 Å². The smallest absolute Gasteiger partial charge is 0.354 e. The summed E-state index contributed by atoms with van der Waals surface area (Å²) in [6, 6.07) is 9.60. The Morgan fingerprint density at radius 2 is 1.70 bits per heavy atom. The van der Waals surface area contributed by atoms with Crippen LogP contribution >= 0.6 is 0 Å². The number of carbonyl (C=O) groups excluding carboxylic acids is 2. The standard InChI is InChI=1S/C28H40N8O4/c1-18(35-15-23-22(14-30)24(23)16-35)12-19-2-4-21(5-3-19)36-7-6-25(32-28(36)40)31-27(39)34-10-8-33(9-11-34)26(38)20(13-29)17-37/h2-7,18,20,22-24,37H,8-17,29-30H2,1H3,(H,31,32,39,40)/t18?,20?,22-,23-,24+. The van der Waals surface area contributed by atoms with Gasteiger partial charge < -0.3 is 26.4 Å². The van der Waals surface area contributed by atoms with Crippen LogP contribution in [0, 0.1) is 23.7 Å². The molecule has 40 heavy (non-hydrogen) atoms. The fourth-order valence-corrected chi connectivity index (χ4v) is 6.15. The van der Waals surface area contributed by atoms with Crippen LogP contribution in [0.2, 0.25) is 0 Å². The van der Waals surface area contributed by atoms with Gasteiger partial charge in [-0.3, -0.25) is 19.6 Å². The molecule has 12 nitrogen and oxygen atoms in total. The number of carbonyl (C=O) groups is 2. The van der Waals surface area contributed by atoms with Gasteiger partial charge in [0.05, 0.1) is 18.2 Å². The van der Waals surface area contributed by atoms with E-state index in [9.17, 15) is 19.5 Å². The van der Waals surface area contributed by atoms with Gasteiger partial charge >= 0.3 is 11.7 Å². The fraction of sp³-hybridized carbons (Fsp3) is 0.571. The second-order valence-electron chi connectivity index (χ2n) is 11.2. The van der Waals surface area contributed by atoms with Gasteiger partial charge in [-0.2, -0.15) is 4.98 Å². The van der Waals surface area contributed by atoms with Crippen LogP contribution in [-0.4, -0.2) is 106 Å². The maximum absolute atomic E-state index is 12.8. The Hall–Kier alpha value is -3.32. The van der Waals surface area contributed by atoms with Crippen LogP contribution < -0.4 is 22.5 Å². The van der Waals surface area contributed by atoms with Gasteiger partial charge in [-0.15, -0.1) is 0 Å². The number of nitrogens with one attached hydrogen (secondary N) is 1. The average Bonchev–Trinajstić information content (AvgIpc) is 3.43. The molecule has 3 amide bonds. The third kappa shape index (κ3) is 5.90. The van der Waals surface area contributed by atoms with Crippen LogP contribution in [-0.2, 0) is 11.2 Å². The van der Waals surface area contributed by atoms with Crippen LogP contribution in [0.5, 0.6) is 0 Å². The lowest BCUT2D eigenvalue weighted by molar-refractivity contribution is -0.137. The largest absolute Gasteiger partial charge is 0.395 e. The number of piperazine rings is 1. The third-order valence-corrected chi connectivity index (χ3v) is 8.81. The minimum Gasteiger partial charge on any atom is -0.395 e. The van der Waals surface area contributed by atoms with Crippen molar-refractivity contribution in [3.63, 3.8) is 0 Å². The maximum atomic E-state index is 12.8. The van der Waals surface area contributed by atoms with Crippen LogP contribution in [0.15, 0.2) is 41.3 Å². The van der Waals surface area contributed by atoms with E-state index < -0.39 is 11.6 Å². The van der Waals surface area contributed by atoms with E-state index in [4.69, 9.17) is 11.5 Å². The van der Waals surface area contributed by atoms with Crippen molar-refractivity contribution in [2.75, 3.05) is 64.3 Å². The van der Waals surface area contributed by atoms with Crippen molar-refractivity contribution in [1.82, 2.24) is 24.3 Å². The molecule has 1 saturated carbocycles. The fourth-order valence-electron chi connectivity index (χ4n) is 6.15. The summed E-state index contributed by atoms with van der Waals surface area (Å²) < 4.78 is 1.45. The number of hydrogen-bond donors (Lipinski definition) is 4. The van der Waals surface area contributed by atoms with Crippen molar-refractivity contribution in [3.8, 4) is 5.69 Å². The first-order valence-corrected chi connectivity index (χ1v) is 14.1. The molecule has 2 saturated heterocycles. The second-order valence-corrected chi connectivity index (χ2v) is 11.2. The molecule has 1 aromatic carbocycles. The van der Waals surface area contributed by atoms with E-state index in [1.807, 2.05) is 24.3 Å². The number of benzene rings is 1. The molecule has 216 valence electrons. The average molecular weight is 553 g/mol. The number of aliphatic hydroxyl groups excluding tert-OH is 1. The molecule has 2 aromatic rings. The predicted molar refractivity (Wildman–Crippen MR) is 151 cm³/mol. The molecule has 3 heterocycles. The van der Waals surface area contributed by atoms with Gasteiger partial charge in [0.15, 0.2) is 0 Å². The Morgan fingerprint density at radius 3 is 2.27 bits per heavy atom. The summed E-state index contributed by atoms with van der Waals surface area (Å²) in [6.45, 7) is 6.50. The highest BCUT2D eigenvalue weighted by molar-refractivity contribution is 5.88. The number of rotatable bonds is 9. The highest BCUT2D eigenvalue weighted by atomic mass is 16.3. The lowest BCUT2D eigenvalue weighted by Crippen LogP contribution is -2.54. The third-order valence-electron chi connectivity index (χ3n) is 8.81. The number of nitrogens with zero attached hydrogens (tertiary/aromatic N) is 5. The minimum atomic E-state index is -0.624. The maximum Gasteiger partial charge on any atom is 0.354 e. The van der Waals surface area contributed by atoms with Crippen LogP contribution in [0.4, 0.5) is 10.6 Å². The number of hydrogen-bond acceptors (Lipinski definition) is 8. The molecule has 5 rings (SSSR count). The zero-order valence-corrected chi connectivity index (χ0v) is 23.0. The zero-order valence-electron chi connectivity index (χ0n) is 23.0. The monoisotopic (exact) mass is 552 g/mol. The SMILES string of the molecule is CC(Cc1ccc(-n2ccc(NC(=O)N3CCN(C(=O)C(CN)CO)CC3)nc2=O)cc1)N1C[C@@H]2[C@@H](CN)[C@@H]2C1. The van der Waals surface area contributed by atoms with Crippen LogP contribution in [0.1, 0.15) is 12.5 Å². The van der Waals surface area contributed by atoms with Crippen LogP contribution in [0.3, 0.4) is 0 Å². The van der Waals surface area contributed by atoms with E-state index in [2.05, 4.69) is 22.1 Å². The molecule has 12 heteroatoms. The van der Waals surface area contributed by atoms with E-state index >= 15 is 0 Å². The lowest BCUT2D eigenvalue weighted by atomic mass is 10.0. The number of likely N-dealkylation sites (tertiary alicyclic amines) is 1. The molecule has 0 bridgehead atoms. The van der Waals surface area contributed by atoms with E-state index in [1.54, 1.807) is 22.1 Å². The summed E-state index contributed by atoms with van der Waals surface area (Å²) in [5.41, 5.74) is 12.8. The lowest BCUT2D eigenvalue weighted by Gasteiger charge is -2.35. The van der Waals surface area contributed by atoms with Crippen molar-refractivity contribution >= 4 is 17.8 Å². The first-order chi connectivity index (χ1) is 19.3. The summed E-state index contributed by atoms with van der Waals surface area (Å²) >= 11 is 0. The predicted octanol–water partition coefficient (Wildman–Crippen LogP) is -0.457. The summed E-state index contributed by atoms with van der Waals surface area (Å²) in [4.78, 5) is 47.6. The summed E-state index contributed by atoms with van der Waals surface area (Å²) in [5, 5.41) is 12.0. The van der Waals surface area contributed by atoms with Crippen molar-refractivity contribution in [2.45, 2.75) is 19.4 Å². The van der Waals surface area contributed by atoms with Crippen molar-refractivity contribution < 1.29 is 14.7 Å². The van der Waals surface area contributed by atoms with Gasteiger partial charge in [-0.05, 0) is 61.4 Å². The van der Waals surface area contributed by atoms with E-state index in [0.29, 0.717) is 37.9 Å². The van der Waals surface area contributed by atoms with Gasteiger partial charge in [-0.25, -0.2) is 9.59 Å². The van der Waals surface area contributed by atoms with E-state index in [1.165, 1.54) is 10.1 Å². The van der Waals surface area contributed by atoms with Crippen molar-refractivity contribution in [1.29, 1.82) is 0 Å². The second kappa shape index (κ2) is 12.0. The van der Waals surface area contributed by atoms with Gasteiger partial charge in [0, 0.05) is 58.1 Å². The summed E-state index contributed by atoms with van der Waals surface area (Å²) in [5.74, 6) is 1.63. The van der Waals surface area contributed by atoms with Crippen molar-refractivity contribution in [2.24, 2.45) is 35.1 Å². The Bertz CT molecular complexity index is 1240.